The number of carbonyl (C=O) groups is 1. The van der Waals surface area contributed by atoms with Gasteiger partial charge in [0.25, 0.3) is 0 Å². The Morgan fingerprint density at radius 1 is 1.05 bits per heavy atom. The molecule has 0 aromatic rings. The molecule has 0 heterocycles. The molecule has 0 atom stereocenters. The quantitative estimate of drug-likeness (QED) is 0.301. The lowest BCUT2D eigenvalue weighted by molar-refractivity contribution is -0.138. The van der Waals surface area contributed by atoms with E-state index in [4.69, 9.17) is 4.74 Å². The minimum Gasteiger partial charge on any atom is -0.462 e. The Bertz CT molecular complexity index is 341. The van der Waals surface area contributed by atoms with Crippen molar-refractivity contribution in [2.45, 2.75) is 65.2 Å². The lowest BCUT2D eigenvalue weighted by Gasteiger charge is -2.47. The van der Waals surface area contributed by atoms with E-state index < -0.39 is 22.3 Å². The third-order valence-corrected chi connectivity index (χ3v) is 48.8. The van der Waals surface area contributed by atoms with Crippen molar-refractivity contribution in [3.05, 3.63) is 12.2 Å². The van der Waals surface area contributed by atoms with Gasteiger partial charge in [0.2, 0.25) is 0 Å². The fraction of sp³-hybridized carbons (Fsp3) is 0.786. The Kier molecular flexibility index (Phi) is 6.49. The molecular formula is C14H32O2Si3. The maximum absolute atomic E-state index is 11.3. The number of rotatable bonds is 7. The van der Waals surface area contributed by atoms with E-state index in [2.05, 4.69) is 52.4 Å². The van der Waals surface area contributed by atoms with Gasteiger partial charge in [-0.25, -0.2) is 4.79 Å². The first-order chi connectivity index (χ1) is 8.33. The summed E-state index contributed by atoms with van der Waals surface area (Å²) in [6.07, 6.45) is 1.01. The minimum atomic E-state index is -1.18. The smallest absolute Gasteiger partial charge is 0.333 e. The number of hydrogen-bond acceptors (Lipinski definition) is 2. The van der Waals surface area contributed by atoms with Gasteiger partial charge in [-0.15, -0.1) is 0 Å². The van der Waals surface area contributed by atoms with Gasteiger partial charge >= 0.3 is 5.97 Å². The molecule has 0 saturated carbocycles. The van der Waals surface area contributed by atoms with E-state index in [9.17, 15) is 4.79 Å². The first-order valence-electron chi connectivity index (χ1n) is 7.15. The van der Waals surface area contributed by atoms with Gasteiger partial charge in [-0.1, -0.05) is 58.5 Å². The molecule has 0 aromatic heterocycles. The van der Waals surface area contributed by atoms with Crippen molar-refractivity contribution in [3.8, 4) is 0 Å². The molecule has 0 aliphatic carbocycles. The molecule has 0 amide bonds. The lowest BCUT2D eigenvalue weighted by Crippen LogP contribution is -2.68. The molecule has 0 rings (SSSR count). The molecule has 0 aromatic carbocycles. The maximum Gasteiger partial charge on any atom is 0.333 e. The molecule has 0 fully saturated rings. The Morgan fingerprint density at radius 2 is 1.53 bits per heavy atom. The standard InChI is InChI=1S/C14H32O2Si3/c1-13(2)14(15)16-11-10-12-18(6,7)19(8,9)17(3,4)5/h1,10-12H2,2-9H3. The van der Waals surface area contributed by atoms with Crippen LogP contribution in [0.2, 0.25) is 51.9 Å². The van der Waals surface area contributed by atoms with E-state index in [1.54, 1.807) is 6.92 Å². The second-order valence-electron chi connectivity index (χ2n) is 7.78. The molecule has 2 nitrogen and oxygen atoms in total. The fourth-order valence-corrected chi connectivity index (χ4v) is 33.7. The fourth-order valence-electron chi connectivity index (χ4n) is 2.13. The molecular weight excluding hydrogens is 284 g/mol. The van der Waals surface area contributed by atoms with Crippen molar-refractivity contribution in [1.82, 2.24) is 0 Å². The summed E-state index contributed by atoms with van der Waals surface area (Å²) in [6, 6.07) is 1.28. The number of hydrogen-bond donors (Lipinski definition) is 0. The predicted octanol–water partition coefficient (Wildman–Crippen LogP) is 4.41. The summed E-state index contributed by atoms with van der Waals surface area (Å²) in [4.78, 5) is 11.3. The zero-order valence-corrected chi connectivity index (χ0v) is 17.1. The largest absolute Gasteiger partial charge is 0.462 e. The molecule has 0 bridgehead atoms. The van der Waals surface area contributed by atoms with Crippen molar-refractivity contribution in [2.75, 3.05) is 6.61 Å². The summed E-state index contributed by atoms with van der Waals surface area (Å²) >= 11 is 0. The van der Waals surface area contributed by atoms with E-state index in [1.807, 2.05) is 0 Å². The predicted molar refractivity (Wildman–Crippen MR) is 93.5 cm³/mol. The van der Waals surface area contributed by atoms with Gasteiger partial charge < -0.3 is 4.74 Å². The highest BCUT2D eigenvalue weighted by Gasteiger charge is 2.48. The molecule has 112 valence electrons. The monoisotopic (exact) mass is 316 g/mol. The van der Waals surface area contributed by atoms with Crippen LogP contribution in [0, 0.1) is 0 Å². The molecule has 0 aliphatic heterocycles. The first kappa shape index (κ1) is 18.9. The summed E-state index contributed by atoms with van der Waals surface area (Å²) in [5.41, 5.74) is 0.494. The van der Waals surface area contributed by atoms with Crippen LogP contribution in [0.1, 0.15) is 13.3 Å². The number of ether oxygens (including phenoxy) is 1. The molecule has 0 spiro atoms. The summed E-state index contributed by atoms with van der Waals surface area (Å²) in [5.74, 6) is -0.249. The van der Waals surface area contributed by atoms with Crippen molar-refractivity contribution >= 4 is 28.3 Å². The zero-order valence-electron chi connectivity index (χ0n) is 14.1. The van der Waals surface area contributed by atoms with Gasteiger partial charge in [-0.3, -0.25) is 0 Å². The van der Waals surface area contributed by atoms with Crippen LogP contribution < -0.4 is 0 Å². The third-order valence-electron chi connectivity index (χ3n) is 5.09. The van der Waals surface area contributed by atoms with E-state index in [0.717, 1.165) is 6.42 Å². The van der Waals surface area contributed by atoms with Crippen molar-refractivity contribution in [2.24, 2.45) is 0 Å². The highest BCUT2D eigenvalue weighted by Crippen LogP contribution is 2.32. The van der Waals surface area contributed by atoms with E-state index in [1.165, 1.54) is 6.04 Å². The van der Waals surface area contributed by atoms with Crippen molar-refractivity contribution in [3.63, 3.8) is 0 Å². The van der Waals surface area contributed by atoms with Crippen LogP contribution >= 0.6 is 0 Å². The van der Waals surface area contributed by atoms with E-state index >= 15 is 0 Å². The van der Waals surface area contributed by atoms with Gasteiger partial charge in [-0.05, 0) is 13.3 Å². The normalized spacial score (nSPS) is 13.3. The first-order valence-corrected chi connectivity index (χ1v) is 18.9. The van der Waals surface area contributed by atoms with Crippen LogP contribution in [-0.4, -0.2) is 34.9 Å². The van der Waals surface area contributed by atoms with E-state index in [-0.39, 0.29) is 5.97 Å². The average Bonchev–Trinajstić information content (AvgIpc) is 2.21. The summed E-state index contributed by atoms with van der Waals surface area (Å²) < 4.78 is 5.21. The zero-order chi connectivity index (χ0) is 15.5. The second kappa shape index (κ2) is 6.54. The summed E-state index contributed by atoms with van der Waals surface area (Å²) in [7, 11) is -3.33. The molecule has 0 N–H and O–H groups in total. The van der Waals surface area contributed by atoms with Crippen LogP contribution in [0.25, 0.3) is 0 Å². The maximum atomic E-state index is 11.3. The highest BCUT2D eigenvalue weighted by atomic mass is 29.6. The van der Waals surface area contributed by atoms with Crippen LogP contribution in [0.3, 0.4) is 0 Å². The van der Waals surface area contributed by atoms with Crippen LogP contribution in [0.4, 0.5) is 0 Å². The molecule has 19 heavy (non-hydrogen) atoms. The van der Waals surface area contributed by atoms with E-state index in [0.29, 0.717) is 12.2 Å². The molecule has 0 radical (unpaired) electrons. The average molecular weight is 317 g/mol. The van der Waals surface area contributed by atoms with Crippen LogP contribution in [0.15, 0.2) is 12.2 Å². The Balaban J connectivity index is 4.40. The Labute approximate surface area is 122 Å². The molecule has 0 aliphatic rings. The van der Waals surface area contributed by atoms with Gasteiger partial charge in [-0.2, -0.15) is 0 Å². The van der Waals surface area contributed by atoms with Crippen LogP contribution in [0.5, 0.6) is 0 Å². The molecule has 0 unspecified atom stereocenters. The summed E-state index contributed by atoms with van der Waals surface area (Å²) in [5, 5.41) is 0. The highest BCUT2D eigenvalue weighted by molar-refractivity contribution is 7.68. The van der Waals surface area contributed by atoms with Gasteiger partial charge in [0.1, 0.15) is 0 Å². The third kappa shape index (κ3) is 5.04. The summed E-state index contributed by atoms with van der Waals surface area (Å²) in [6.45, 7) is 23.7. The molecule has 5 heteroatoms. The van der Waals surface area contributed by atoms with Gasteiger partial charge in [0.15, 0.2) is 0 Å². The minimum absolute atomic E-state index is 0.249. The molecule has 0 saturated heterocycles. The van der Waals surface area contributed by atoms with Gasteiger partial charge in [0, 0.05) is 27.9 Å². The SMILES string of the molecule is C=C(C)C(=O)OCCC[Si](C)(C)[Si](C)(C)[Si](C)(C)C. The lowest BCUT2D eigenvalue weighted by atomic mass is 10.4. The topological polar surface area (TPSA) is 26.3 Å². The van der Waals surface area contributed by atoms with Crippen LogP contribution in [-0.2, 0) is 9.53 Å². The Morgan fingerprint density at radius 3 is 1.89 bits per heavy atom. The number of carbonyl (C=O) groups excluding carboxylic acids is 1. The number of esters is 1. The van der Waals surface area contributed by atoms with Crippen molar-refractivity contribution < 1.29 is 9.53 Å². The Hall–Kier alpha value is -0.139. The second-order valence-corrected chi connectivity index (χ2v) is 37.4. The van der Waals surface area contributed by atoms with Gasteiger partial charge in [0.05, 0.1) is 6.61 Å². The van der Waals surface area contributed by atoms with Crippen molar-refractivity contribution in [1.29, 1.82) is 0 Å².